The number of nitrogens with zero attached hydrogens (tertiary/aromatic N) is 1. The summed E-state index contributed by atoms with van der Waals surface area (Å²) in [5, 5.41) is 2.74. The first-order valence-corrected chi connectivity index (χ1v) is 8.23. The van der Waals surface area contributed by atoms with Crippen LogP contribution in [0.1, 0.15) is 0 Å². The minimum Gasteiger partial charge on any atom is -0.431 e. The van der Waals surface area contributed by atoms with Crippen LogP contribution in [0.4, 0.5) is 14.5 Å². The molecule has 0 bridgehead atoms. The summed E-state index contributed by atoms with van der Waals surface area (Å²) in [6, 6.07) is 9.01. The van der Waals surface area contributed by atoms with E-state index >= 15 is 0 Å². The molecule has 23 heavy (non-hydrogen) atoms. The van der Waals surface area contributed by atoms with Gasteiger partial charge in [-0.1, -0.05) is 23.9 Å². The summed E-state index contributed by atoms with van der Waals surface area (Å²) < 4.78 is 32.3. The Hall–Kier alpha value is -1.93. The Morgan fingerprint density at radius 3 is 2.83 bits per heavy atom. The molecule has 3 rings (SSSR count). The first-order valence-electron chi connectivity index (χ1n) is 6.45. The van der Waals surface area contributed by atoms with E-state index in [0.29, 0.717) is 22.4 Å². The predicted molar refractivity (Wildman–Crippen MR) is 87.4 cm³/mol. The monoisotopic (exact) mass is 398 g/mol. The van der Waals surface area contributed by atoms with Crippen molar-refractivity contribution in [3.05, 3.63) is 52.5 Å². The summed E-state index contributed by atoms with van der Waals surface area (Å²) in [7, 11) is 0. The van der Waals surface area contributed by atoms with Gasteiger partial charge in [0.05, 0.1) is 11.4 Å². The van der Waals surface area contributed by atoms with Crippen molar-refractivity contribution in [1.82, 2.24) is 4.98 Å². The van der Waals surface area contributed by atoms with Crippen LogP contribution in [-0.2, 0) is 4.79 Å². The predicted octanol–water partition coefficient (Wildman–Crippen LogP) is 4.60. The van der Waals surface area contributed by atoms with E-state index in [9.17, 15) is 13.6 Å². The molecular weight excluding hydrogens is 390 g/mol. The van der Waals surface area contributed by atoms with Crippen LogP contribution >= 0.6 is 27.7 Å². The van der Waals surface area contributed by atoms with Gasteiger partial charge < -0.3 is 9.73 Å². The highest BCUT2D eigenvalue weighted by atomic mass is 79.9. The van der Waals surface area contributed by atoms with Crippen molar-refractivity contribution in [2.45, 2.75) is 5.22 Å². The van der Waals surface area contributed by atoms with Gasteiger partial charge in [0.2, 0.25) is 5.91 Å². The molecule has 3 aromatic rings. The maximum atomic E-state index is 13.7. The zero-order valence-corrected chi connectivity index (χ0v) is 13.9. The lowest BCUT2D eigenvalue weighted by atomic mass is 10.3. The van der Waals surface area contributed by atoms with E-state index in [1.807, 2.05) is 12.1 Å². The highest BCUT2D eigenvalue weighted by molar-refractivity contribution is 9.10. The smallest absolute Gasteiger partial charge is 0.257 e. The first-order chi connectivity index (χ1) is 11.0. The van der Waals surface area contributed by atoms with E-state index in [-0.39, 0.29) is 15.9 Å². The van der Waals surface area contributed by atoms with Crippen molar-refractivity contribution < 1.29 is 18.0 Å². The molecule has 0 spiro atoms. The largest absolute Gasteiger partial charge is 0.431 e. The summed E-state index contributed by atoms with van der Waals surface area (Å²) in [5.41, 5.74) is 1.22. The van der Waals surface area contributed by atoms with E-state index in [2.05, 4.69) is 26.2 Å². The molecule has 0 saturated carbocycles. The standard InChI is InChI=1S/C15H9BrF2N2O2S/c16-9-5-8(17)6-10(18)14(9)20-13(21)7-23-15-19-11-3-1-2-4-12(11)22-15/h1-6H,7H2,(H,20,21). The summed E-state index contributed by atoms with van der Waals surface area (Å²) in [6.07, 6.45) is 0. The molecule has 0 aliphatic carbocycles. The van der Waals surface area contributed by atoms with Crippen molar-refractivity contribution in [3.63, 3.8) is 0 Å². The van der Waals surface area contributed by atoms with Gasteiger partial charge in [-0.15, -0.1) is 0 Å². The minimum absolute atomic E-state index is 0.0178. The zero-order valence-electron chi connectivity index (χ0n) is 11.5. The van der Waals surface area contributed by atoms with Gasteiger partial charge in [-0.05, 0) is 34.1 Å². The molecule has 0 atom stereocenters. The van der Waals surface area contributed by atoms with Crippen molar-refractivity contribution in [1.29, 1.82) is 0 Å². The maximum absolute atomic E-state index is 13.7. The molecule has 0 fully saturated rings. The quantitative estimate of drug-likeness (QED) is 0.652. The number of hydrogen-bond acceptors (Lipinski definition) is 4. The fourth-order valence-electron chi connectivity index (χ4n) is 1.88. The van der Waals surface area contributed by atoms with Gasteiger partial charge in [-0.2, -0.15) is 0 Å². The number of benzene rings is 2. The highest BCUT2D eigenvalue weighted by Gasteiger charge is 2.14. The highest BCUT2D eigenvalue weighted by Crippen LogP contribution is 2.28. The Labute approximate surface area is 142 Å². The van der Waals surface area contributed by atoms with E-state index in [0.717, 1.165) is 17.8 Å². The van der Waals surface area contributed by atoms with Gasteiger partial charge in [0.15, 0.2) is 11.4 Å². The third-order valence-electron chi connectivity index (χ3n) is 2.87. The molecule has 8 heteroatoms. The van der Waals surface area contributed by atoms with Crippen LogP contribution < -0.4 is 5.32 Å². The molecule has 0 saturated heterocycles. The second-order valence-electron chi connectivity index (χ2n) is 4.53. The molecule has 1 N–H and O–H groups in total. The number of para-hydroxylation sites is 2. The normalized spacial score (nSPS) is 10.9. The summed E-state index contributed by atoms with van der Waals surface area (Å²) >= 11 is 4.10. The fraction of sp³-hybridized carbons (Fsp3) is 0.0667. The van der Waals surface area contributed by atoms with Crippen LogP contribution in [0.3, 0.4) is 0 Å². The van der Waals surface area contributed by atoms with Crippen molar-refractivity contribution in [2.24, 2.45) is 0 Å². The van der Waals surface area contributed by atoms with E-state index in [4.69, 9.17) is 4.42 Å². The number of rotatable bonds is 4. The number of oxazole rings is 1. The van der Waals surface area contributed by atoms with Gasteiger partial charge in [-0.3, -0.25) is 4.79 Å². The molecule has 1 amide bonds. The first kappa shape index (κ1) is 15.9. The van der Waals surface area contributed by atoms with Crippen molar-refractivity contribution in [3.8, 4) is 0 Å². The Bertz CT molecular complexity index is 829. The Balaban J connectivity index is 1.66. The molecule has 0 unspecified atom stereocenters. The van der Waals surface area contributed by atoms with Gasteiger partial charge in [0.1, 0.15) is 11.3 Å². The van der Waals surface area contributed by atoms with Gasteiger partial charge in [0, 0.05) is 10.5 Å². The van der Waals surface area contributed by atoms with Gasteiger partial charge in [-0.25, -0.2) is 13.8 Å². The zero-order chi connectivity index (χ0) is 16.4. The fourth-order valence-corrected chi connectivity index (χ4v) is 3.02. The molecule has 1 heterocycles. The van der Waals surface area contributed by atoms with E-state index in [1.165, 1.54) is 0 Å². The lowest BCUT2D eigenvalue weighted by Gasteiger charge is -2.08. The van der Waals surface area contributed by atoms with Crippen LogP contribution in [0.25, 0.3) is 11.1 Å². The summed E-state index contributed by atoms with van der Waals surface area (Å²) in [4.78, 5) is 16.1. The lowest BCUT2D eigenvalue weighted by molar-refractivity contribution is -0.113. The SMILES string of the molecule is O=C(CSc1nc2ccccc2o1)Nc1c(F)cc(F)cc1Br. The number of amides is 1. The molecule has 118 valence electrons. The molecule has 1 aromatic heterocycles. The minimum atomic E-state index is -0.850. The second kappa shape index (κ2) is 6.67. The van der Waals surface area contributed by atoms with E-state index < -0.39 is 17.5 Å². The lowest BCUT2D eigenvalue weighted by Crippen LogP contribution is -2.15. The molecule has 4 nitrogen and oxygen atoms in total. The molecule has 0 aliphatic rings. The molecule has 2 aromatic carbocycles. The molecule has 0 radical (unpaired) electrons. The number of aromatic nitrogens is 1. The molecule has 0 aliphatic heterocycles. The number of halogens is 3. The Morgan fingerprint density at radius 1 is 1.30 bits per heavy atom. The van der Waals surface area contributed by atoms with Crippen LogP contribution in [0.15, 0.2) is 50.5 Å². The Morgan fingerprint density at radius 2 is 2.09 bits per heavy atom. The number of anilines is 1. The number of fused-ring (bicyclic) bond motifs is 1. The Kier molecular flexibility index (Phi) is 4.63. The van der Waals surface area contributed by atoms with Gasteiger partial charge in [0.25, 0.3) is 5.22 Å². The van der Waals surface area contributed by atoms with Crippen LogP contribution in [0.5, 0.6) is 0 Å². The third-order valence-corrected chi connectivity index (χ3v) is 4.33. The number of thioether (sulfide) groups is 1. The summed E-state index contributed by atoms with van der Waals surface area (Å²) in [5.74, 6) is -2.05. The second-order valence-corrected chi connectivity index (χ2v) is 6.31. The van der Waals surface area contributed by atoms with E-state index in [1.54, 1.807) is 12.1 Å². The van der Waals surface area contributed by atoms with Gasteiger partial charge >= 0.3 is 0 Å². The third kappa shape index (κ3) is 3.70. The van der Waals surface area contributed by atoms with Crippen molar-refractivity contribution >= 4 is 50.4 Å². The maximum Gasteiger partial charge on any atom is 0.257 e. The average Bonchev–Trinajstić information content (AvgIpc) is 2.91. The molecular formula is C15H9BrF2N2O2S. The van der Waals surface area contributed by atoms with Crippen LogP contribution in [-0.4, -0.2) is 16.6 Å². The number of carbonyl (C=O) groups excluding carboxylic acids is 1. The summed E-state index contributed by atoms with van der Waals surface area (Å²) in [6.45, 7) is 0. The number of carbonyl (C=O) groups is 1. The topological polar surface area (TPSA) is 55.1 Å². The van der Waals surface area contributed by atoms with Crippen LogP contribution in [0.2, 0.25) is 0 Å². The van der Waals surface area contributed by atoms with Crippen molar-refractivity contribution in [2.75, 3.05) is 11.1 Å². The number of nitrogens with one attached hydrogen (secondary N) is 1. The number of hydrogen-bond donors (Lipinski definition) is 1. The average molecular weight is 399 g/mol. The van der Waals surface area contributed by atoms with Crippen LogP contribution in [0, 0.1) is 11.6 Å².